The van der Waals surface area contributed by atoms with E-state index in [0.717, 1.165) is 42.3 Å². The van der Waals surface area contributed by atoms with Gasteiger partial charge in [0.1, 0.15) is 12.4 Å². The molecular weight excluding hydrogens is 302 g/mol. The third-order valence-corrected chi connectivity index (χ3v) is 4.21. The van der Waals surface area contributed by atoms with Crippen LogP contribution in [0.4, 0.5) is 0 Å². The molecule has 1 aromatic heterocycles. The van der Waals surface area contributed by atoms with Crippen LogP contribution in [0.2, 0.25) is 0 Å². The molecule has 1 fully saturated rings. The molecule has 2 aromatic carbocycles. The molecule has 0 saturated carbocycles. The fraction of sp³-hybridized carbons (Fsp3) is 0.263. The van der Waals surface area contributed by atoms with Gasteiger partial charge in [0.2, 0.25) is 11.7 Å². The van der Waals surface area contributed by atoms with E-state index in [1.807, 2.05) is 54.6 Å². The van der Waals surface area contributed by atoms with Gasteiger partial charge >= 0.3 is 0 Å². The molecule has 0 amide bonds. The number of rotatable bonds is 5. The summed E-state index contributed by atoms with van der Waals surface area (Å²) in [6.07, 6.45) is 1.05. The molecule has 1 N–H and O–H groups in total. The van der Waals surface area contributed by atoms with E-state index in [2.05, 4.69) is 15.5 Å². The van der Waals surface area contributed by atoms with Crippen molar-refractivity contribution in [3.63, 3.8) is 0 Å². The fourth-order valence-corrected chi connectivity index (χ4v) is 2.82. The van der Waals surface area contributed by atoms with Crippen LogP contribution >= 0.6 is 0 Å². The van der Waals surface area contributed by atoms with Crippen LogP contribution in [0.1, 0.15) is 23.8 Å². The standard InChI is InChI=1S/C19H19N3O2/c1-2-4-14(5-3-1)13-23-17-8-6-15(7-9-17)18-21-19(24-22-18)16-10-11-20-12-16/h1-9,16,20H,10-13H2/t16-/m1/s1. The summed E-state index contributed by atoms with van der Waals surface area (Å²) in [4.78, 5) is 4.53. The third kappa shape index (κ3) is 3.31. The zero-order valence-electron chi connectivity index (χ0n) is 13.3. The van der Waals surface area contributed by atoms with Gasteiger partial charge in [0, 0.05) is 12.1 Å². The molecular formula is C19H19N3O2. The van der Waals surface area contributed by atoms with Crippen LogP contribution in [0.15, 0.2) is 59.1 Å². The second-order valence-corrected chi connectivity index (χ2v) is 5.94. The van der Waals surface area contributed by atoms with Crippen LogP contribution in [-0.4, -0.2) is 23.2 Å². The monoisotopic (exact) mass is 321 g/mol. The maximum absolute atomic E-state index is 5.80. The fourth-order valence-electron chi connectivity index (χ4n) is 2.82. The summed E-state index contributed by atoms with van der Waals surface area (Å²) in [6.45, 7) is 2.48. The number of ether oxygens (including phenoxy) is 1. The number of hydrogen-bond acceptors (Lipinski definition) is 5. The summed E-state index contributed by atoms with van der Waals surface area (Å²) in [7, 11) is 0. The van der Waals surface area contributed by atoms with E-state index in [9.17, 15) is 0 Å². The highest BCUT2D eigenvalue weighted by Crippen LogP contribution is 2.25. The molecule has 1 saturated heterocycles. The minimum atomic E-state index is 0.333. The summed E-state index contributed by atoms with van der Waals surface area (Å²) in [5, 5.41) is 7.41. The molecule has 24 heavy (non-hydrogen) atoms. The van der Waals surface area contributed by atoms with Crippen LogP contribution in [0, 0.1) is 0 Å². The Kier molecular flexibility index (Phi) is 4.25. The predicted octanol–water partition coefficient (Wildman–Crippen LogP) is 3.39. The van der Waals surface area contributed by atoms with Crippen LogP contribution in [0.25, 0.3) is 11.4 Å². The number of benzene rings is 2. The maximum atomic E-state index is 5.80. The second-order valence-electron chi connectivity index (χ2n) is 5.94. The van der Waals surface area contributed by atoms with E-state index in [0.29, 0.717) is 18.3 Å². The minimum absolute atomic E-state index is 0.333. The molecule has 5 heteroatoms. The van der Waals surface area contributed by atoms with Crippen LogP contribution < -0.4 is 10.1 Å². The van der Waals surface area contributed by atoms with E-state index in [4.69, 9.17) is 9.26 Å². The van der Waals surface area contributed by atoms with E-state index in [1.54, 1.807) is 0 Å². The minimum Gasteiger partial charge on any atom is -0.489 e. The topological polar surface area (TPSA) is 60.2 Å². The van der Waals surface area contributed by atoms with Gasteiger partial charge in [-0.1, -0.05) is 35.5 Å². The molecule has 0 aliphatic carbocycles. The van der Waals surface area contributed by atoms with Crippen molar-refractivity contribution in [2.45, 2.75) is 18.9 Å². The van der Waals surface area contributed by atoms with E-state index in [-0.39, 0.29) is 0 Å². The first-order valence-electron chi connectivity index (χ1n) is 8.20. The molecule has 1 aliphatic rings. The first kappa shape index (κ1) is 14.9. The zero-order chi connectivity index (χ0) is 16.2. The smallest absolute Gasteiger partial charge is 0.231 e. The van der Waals surface area contributed by atoms with Gasteiger partial charge in [-0.3, -0.25) is 0 Å². The lowest BCUT2D eigenvalue weighted by atomic mass is 10.1. The highest BCUT2D eigenvalue weighted by molar-refractivity contribution is 5.55. The molecule has 4 rings (SSSR count). The quantitative estimate of drug-likeness (QED) is 0.780. The van der Waals surface area contributed by atoms with Gasteiger partial charge in [-0.25, -0.2) is 0 Å². The van der Waals surface area contributed by atoms with Crippen molar-refractivity contribution >= 4 is 0 Å². The second kappa shape index (κ2) is 6.84. The lowest BCUT2D eigenvalue weighted by molar-refractivity contribution is 0.306. The summed E-state index contributed by atoms with van der Waals surface area (Å²) in [5.74, 6) is 2.51. The van der Waals surface area contributed by atoms with Crippen molar-refractivity contribution in [2.75, 3.05) is 13.1 Å². The Hall–Kier alpha value is -2.66. The molecule has 0 unspecified atom stereocenters. The molecule has 1 atom stereocenters. The van der Waals surface area contributed by atoms with Crippen molar-refractivity contribution in [1.29, 1.82) is 0 Å². The van der Waals surface area contributed by atoms with Crippen LogP contribution in [0.3, 0.4) is 0 Å². The van der Waals surface area contributed by atoms with Gasteiger partial charge in [-0.2, -0.15) is 4.98 Å². The number of nitrogens with zero attached hydrogens (tertiary/aromatic N) is 2. The Morgan fingerprint density at radius 3 is 2.67 bits per heavy atom. The van der Waals surface area contributed by atoms with Gasteiger partial charge < -0.3 is 14.6 Å². The Balaban J connectivity index is 1.42. The van der Waals surface area contributed by atoms with Gasteiger partial charge in [0.15, 0.2) is 0 Å². The molecule has 122 valence electrons. The lowest BCUT2D eigenvalue weighted by Gasteiger charge is -2.06. The summed E-state index contributed by atoms with van der Waals surface area (Å²) >= 11 is 0. The first-order chi connectivity index (χ1) is 11.9. The van der Waals surface area contributed by atoms with Crippen molar-refractivity contribution < 1.29 is 9.26 Å². The molecule has 3 aromatic rings. The third-order valence-electron chi connectivity index (χ3n) is 4.21. The SMILES string of the molecule is c1ccc(COc2ccc(-c3noc([C@@H]4CCNC4)n3)cc2)cc1. The highest BCUT2D eigenvalue weighted by atomic mass is 16.5. The molecule has 0 spiro atoms. The number of aromatic nitrogens is 2. The van der Waals surface area contributed by atoms with Crippen molar-refractivity contribution in [1.82, 2.24) is 15.5 Å². The summed E-state index contributed by atoms with van der Waals surface area (Å²) in [5.41, 5.74) is 2.08. The molecule has 5 nitrogen and oxygen atoms in total. The summed E-state index contributed by atoms with van der Waals surface area (Å²) < 4.78 is 11.2. The van der Waals surface area contributed by atoms with Crippen molar-refractivity contribution in [3.05, 3.63) is 66.1 Å². The molecule has 1 aliphatic heterocycles. The lowest BCUT2D eigenvalue weighted by Crippen LogP contribution is -2.08. The van der Waals surface area contributed by atoms with Gasteiger partial charge in [-0.05, 0) is 42.8 Å². The molecule has 2 heterocycles. The molecule has 0 radical (unpaired) electrons. The zero-order valence-corrected chi connectivity index (χ0v) is 13.3. The Labute approximate surface area is 140 Å². The average Bonchev–Trinajstić information content (AvgIpc) is 3.33. The van der Waals surface area contributed by atoms with Gasteiger partial charge in [0.25, 0.3) is 0 Å². The average molecular weight is 321 g/mol. The first-order valence-corrected chi connectivity index (χ1v) is 8.20. The summed E-state index contributed by atoms with van der Waals surface area (Å²) in [6, 6.07) is 17.9. The van der Waals surface area contributed by atoms with E-state index < -0.39 is 0 Å². The maximum Gasteiger partial charge on any atom is 0.231 e. The van der Waals surface area contributed by atoms with Gasteiger partial charge in [-0.15, -0.1) is 0 Å². The Bertz CT molecular complexity index is 778. The van der Waals surface area contributed by atoms with E-state index in [1.165, 1.54) is 0 Å². The Morgan fingerprint density at radius 1 is 1.08 bits per heavy atom. The van der Waals surface area contributed by atoms with Crippen molar-refractivity contribution in [2.24, 2.45) is 0 Å². The number of nitrogens with one attached hydrogen (secondary N) is 1. The van der Waals surface area contributed by atoms with Crippen LogP contribution in [0.5, 0.6) is 5.75 Å². The van der Waals surface area contributed by atoms with E-state index >= 15 is 0 Å². The predicted molar refractivity (Wildman–Crippen MR) is 90.7 cm³/mol. The largest absolute Gasteiger partial charge is 0.489 e. The van der Waals surface area contributed by atoms with Crippen LogP contribution in [-0.2, 0) is 6.61 Å². The Morgan fingerprint density at radius 2 is 1.92 bits per heavy atom. The molecule has 0 bridgehead atoms. The van der Waals surface area contributed by atoms with Gasteiger partial charge in [0.05, 0.1) is 5.92 Å². The highest BCUT2D eigenvalue weighted by Gasteiger charge is 2.22. The van der Waals surface area contributed by atoms with Crippen molar-refractivity contribution in [3.8, 4) is 17.1 Å². The normalized spacial score (nSPS) is 17.1. The number of hydrogen-bond donors (Lipinski definition) is 1.